The van der Waals surface area contributed by atoms with Crippen molar-refractivity contribution in [1.29, 1.82) is 0 Å². The number of benzene rings is 1. The second-order valence-corrected chi connectivity index (χ2v) is 5.72. The molecule has 114 valence electrons. The third kappa shape index (κ3) is 3.67. The van der Waals surface area contributed by atoms with Gasteiger partial charge in [-0.3, -0.25) is 0 Å². The number of para-hydroxylation sites is 1. The minimum absolute atomic E-state index is 0.0523. The molecule has 0 aromatic heterocycles. The SMILES string of the molecule is O=C(NCC1CCN(c2ccccc2)C1)N1CCOCC1. The molecule has 2 saturated heterocycles. The number of urea groups is 1. The predicted octanol–water partition coefficient (Wildman–Crippen LogP) is 1.55. The number of nitrogens with zero attached hydrogens (tertiary/aromatic N) is 2. The van der Waals surface area contributed by atoms with E-state index in [1.54, 1.807) is 0 Å². The van der Waals surface area contributed by atoms with E-state index in [2.05, 4.69) is 34.5 Å². The van der Waals surface area contributed by atoms with Crippen molar-refractivity contribution in [3.63, 3.8) is 0 Å². The molecule has 5 nitrogen and oxygen atoms in total. The lowest BCUT2D eigenvalue weighted by Crippen LogP contribution is -2.47. The van der Waals surface area contributed by atoms with Gasteiger partial charge in [-0.05, 0) is 24.5 Å². The van der Waals surface area contributed by atoms with Gasteiger partial charge in [0, 0.05) is 38.4 Å². The van der Waals surface area contributed by atoms with Gasteiger partial charge in [-0.1, -0.05) is 18.2 Å². The molecule has 1 N–H and O–H groups in total. The molecule has 2 heterocycles. The molecule has 2 amide bonds. The third-order valence-electron chi connectivity index (χ3n) is 4.25. The first-order chi connectivity index (χ1) is 10.3. The van der Waals surface area contributed by atoms with Gasteiger partial charge in [-0.2, -0.15) is 0 Å². The number of carbonyl (C=O) groups is 1. The predicted molar refractivity (Wildman–Crippen MR) is 82.6 cm³/mol. The van der Waals surface area contributed by atoms with Crippen LogP contribution in [0, 0.1) is 5.92 Å². The van der Waals surface area contributed by atoms with Gasteiger partial charge in [0.15, 0.2) is 0 Å². The van der Waals surface area contributed by atoms with Crippen molar-refractivity contribution < 1.29 is 9.53 Å². The van der Waals surface area contributed by atoms with Crippen LogP contribution in [-0.4, -0.2) is 56.9 Å². The Morgan fingerprint density at radius 1 is 1.19 bits per heavy atom. The fourth-order valence-electron chi connectivity index (χ4n) is 2.98. The normalized spacial score (nSPS) is 22.4. The van der Waals surface area contributed by atoms with Crippen molar-refractivity contribution in [1.82, 2.24) is 10.2 Å². The summed E-state index contributed by atoms with van der Waals surface area (Å²) in [6.45, 7) is 5.56. The van der Waals surface area contributed by atoms with E-state index in [1.165, 1.54) is 5.69 Å². The van der Waals surface area contributed by atoms with Crippen molar-refractivity contribution in [2.75, 3.05) is 50.8 Å². The monoisotopic (exact) mass is 289 g/mol. The number of hydrogen-bond acceptors (Lipinski definition) is 3. The average molecular weight is 289 g/mol. The topological polar surface area (TPSA) is 44.8 Å². The van der Waals surface area contributed by atoms with Crippen LogP contribution in [0.4, 0.5) is 10.5 Å². The first-order valence-electron chi connectivity index (χ1n) is 7.73. The van der Waals surface area contributed by atoms with E-state index in [0.29, 0.717) is 32.2 Å². The number of rotatable bonds is 3. The highest BCUT2D eigenvalue weighted by Gasteiger charge is 2.24. The second-order valence-electron chi connectivity index (χ2n) is 5.72. The molecule has 0 aliphatic carbocycles. The number of morpholine rings is 1. The smallest absolute Gasteiger partial charge is 0.317 e. The third-order valence-corrected chi connectivity index (χ3v) is 4.25. The van der Waals surface area contributed by atoms with Gasteiger partial charge >= 0.3 is 6.03 Å². The Labute approximate surface area is 125 Å². The van der Waals surface area contributed by atoms with Crippen molar-refractivity contribution in [3.8, 4) is 0 Å². The number of hydrogen-bond donors (Lipinski definition) is 1. The van der Waals surface area contributed by atoms with Crippen molar-refractivity contribution in [2.24, 2.45) is 5.92 Å². The molecule has 1 atom stereocenters. The van der Waals surface area contributed by atoms with Gasteiger partial charge < -0.3 is 19.9 Å². The molecule has 1 aromatic rings. The van der Waals surface area contributed by atoms with Gasteiger partial charge in [0.2, 0.25) is 0 Å². The first kappa shape index (κ1) is 14.2. The van der Waals surface area contributed by atoms with Crippen LogP contribution in [0.25, 0.3) is 0 Å². The zero-order valence-electron chi connectivity index (χ0n) is 12.3. The summed E-state index contributed by atoms with van der Waals surface area (Å²) in [6, 6.07) is 10.5. The van der Waals surface area contributed by atoms with Gasteiger partial charge in [0.1, 0.15) is 0 Å². The summed E-state index contributed by atoms with van der Waals surface area (Å²) in [5.41, 5.74) is 1.28. The summed E-state index contributed by atoms with van der Waals surface area (Å²) >= 11 is 0. The molecule has 2 aliphatic rings. The molecule has 0 bridgehead atoms. The maximum atomic E-state index is 12.1. The Bertz CT molecular complexity index is 460. The maximum absolute atomic E-state index is 12.1. The summed E-state index contributed by atoms with van der Waals surface area (Å²) in [5, 5.41) is 3.07. The van der Waals surface area contributed by atoms with Crippen LogP contribution in [-0.2, 0) is 4.74 Å². The first-order valence-corrected chi connectivity index (χ1v) is 7.73. The highest BCUT2D eigenvalue weighted by atomic mass is 16.5. The second kappa shape index (κ2) is 6.80. The lowest BCUT2D eigenvalue weighted by molar-refractivity contribution is 0.0530. The quantitative estimate of drug-likeness (QED) is 0.918. The molecule has 2 fully saturated rings. The van der Waals surface area contributed by atoms with E-state index >= 15 is 0 Å². The van der Waals surface area contributed by atoms with E-state index in [9.17, 15) is 4.79 Å². The van der Waals surface area contributed by atoms with E-state index in [1.807, 2.05) is 11.0 Å². The molecule has 0 radical (unpaired) electrons. The van der Waals surface area contributed by atoms with E-state index in [-0.39, 0.29) is 6.03 Å². The number of ether oxygens (including phenoxy) is 1. The van der Waals surface area contributed by atoms with Crippen LogP contribution in [0.3, 0.4) is 0 Å². The van der Waals surface area contributed by atoms with Crippen LogP contribution >= 0.6 is 0 Å². The maximum Gasteiger partial charge on any atom is 0.317 e. The van der Waals surface area contributed by atoms with Gasteiger partial charge in [-0.25, -0.2) is 4.79 Å². The van der Waals surface area contributed by atoms with E-state index in [0.717, 1.165) is 26.1 Å². The van der Waals surface area contributed by atoms with Crippen LogP contribution in [0.1, 0.15) is 6.42 Å². The fourth-order valence-corrected chi connectivity index (χ4v) is 2.98. The van der Waals surface area contributed by atoms with Crippen molar-refractivity contribution in [2.45, 2.75) is 6.42 Å². The van der Waals surface area contributed by atoms with E-state index in [4.69, 9.17) is 4.74 Å². The zero-order valence-corrected chi connectivity index (χ0v) is 12.3. The molecule has 1 aromatic carbocycles. The van der Waals surface area contributed by atoms with Crippen LogP contribution < -0.4 is 10.2 Å². The van der Waals surface area contributed by atoms with Gasteiger partial charge in [0.25, 0.3) is 0 Å². The number of nitrogens with one attached hydrogen (secondary N) is 1. The molecule has 3 rings (SSSR count). The number of carbonyl (C=O) groups excluding carboxylic acids is 1. The zero-order chi connectivity index (χ0) is 14.5. The minimum Gasteiger partial charge on any atom is -0.378 e. The number of anilines is 1. The van der Waals surface area contributed by atoms with Crippen molar-refractivity contribution in [3.05, 3.63) is 30.3 Å². The molecular formula is C16H23N3O2. The fraction of sp³-hybridized carbons (Fsp3) is 0.562. The summed E-state index contributed by atoms with van der Waals surface area (Å²) < 4.78 is 5.26. The van der Waals surface area contributed by atoms with Crippen LogP contribution in [0.15, 0.2) is 30.3 Å². The highest BCUT2D eigenvalue weighted by Crippen LogP contribution is 2.22. The van der Waals surface area contributed by atoms with E-state index < -0.39 is 0 Å². The van der Waals surface area contributed by atoms with Crippen molar-refractivity contribution >= 4 is 11.7 Å². The molecule has 1 unspecified atom stereocenters. The Balaban J connectivity index is 1.43. The minimum atomic E-state index is 0.0523. The summed E-state index contributed by atoms with van der Waals surface area (Å²) in [4.78, 5) is 16.3. The standard InChI is InChI=1S/C16H23N3O2/c20-16(18-8-10-21-11-9-18)17-12-14-6-7-19(13-14)15-4-2-1-3-5-15/h1-5,14H,6-13H2,(H,17,20). The average Bonchev–Trinajstić information content (AvgIpc) is 3.03. The largest absolute Gasteiger partial charge is 0.378 e. The number of amides is 2. The Kier molecular flexibility index (Phi) is 4.60. The summed E-state index contributed by atoms with van der Waals surface area (Å²) in [7, 11) is 0. The lowest BCUT2D eigenvalue weighted by Gasteiger charge is -2.27. The summed E-state index contributed by atoms with van der Waals surface area (Å²) in [5.74, 6) is 0.537. The van der Waals surface area contributed by atoms with Gasteiger partial charge in [0.05, 0.1) is 13.2 Å². The Morgan fingerprint density at radius 2 is 1.95 bits per heavy atom. The molecule has 2 aliphatic heterocycles. The molecular weight excluding hydrogens is 266 g/mol. The Morgan fingerprint density at radius 3 is 2.71 bits per heavy atom. The highest BCUT2D eigenvalue weighted by molar-refractivity contribution is 5.74. The van der Waals surface area contributed by atoms with Crippen LogP contribution in [0.5, 0.6) is 0 Å². The Hall–Kier alpha value is -1.75. The van der Waals surface area contributed by atoms with Crippen LogP contribution in [0.2, 0.25) is 0 Å². The molecule has 21 heavy (non-hydrogen) atoms. The molecule has 0 saturated carbocycles. The molecule has 5 heteroatoms. The summed E-state index contributed by atoms with van der Waals surface area (Å²) in [6.07, 6.45) is 1.14. The van der Waals surface area contributed by atoms with Gasteiger partial charge in [-0.15, -0.1) is 0 Å². The lowest BCUT2D eigenvalue weighted by atomic mass is 10.1. The molecule has 0 spiro atoms.